The van der Waals surface area contributed by atoms with E-state index < -0.39 is 11.6 Å². The van der Waals surface area contributed by atoms with Gasteiger partial charge in [0.05, 0.1) is 0 Å². The van der Waals surface area contributed by atoms with Crippen molar-refractivity contribution in [2.45, 2.75) is 26.4 Å². The van der Waals surface area contributed by atoms with Crippen LogP contribution in [0.3, 0.4) is 0 Å². The molecule has 0 aromatic carbocycles. The van der Waals surface area contributed by atoms with Gasteiger partial charge < -0.3 is 9.26 Å². The molecule has 1 aromatic heterocycles. The highest BCUT2D eigenvalue weighted by Gasteiger charge is 2.19. The standard InChI is InChI=1S/C8H11NO3/c1-8(2,3)12-7(10)6-4-5-11-9-6/h4-5H,1-3H3. The van der Waals surface area contributed by atoms with Gasteiger partial charge in [-0.2, -0.15) is 0 Å². The molecule has 0 aliphatic carbocycles. The van der Waals surface area contributed by atoms with Gasteiger partial charge in [0.15, 0.2) is 5.69 Å². The molecule has 12 heavy (non-hydrogen) atoms. The topological polar surface area (TPSA) is 52.3 Å². The Morgan fingerprint density at radius 3 is 2.67 bits per heavy atom. The number of rotatable bonds is 1. The van der Waals surface area contributed by atoms with Crippen LogP contribution in [0.5, 0.6) is 0 Å². The lowest BCUT2D eigenvalue weighted by Gasteiger charge is -2.18. The molecule has 0 fully saturated rings. The lowest BCUT2D eigenvalue weighted by Crippen LogP contribution is -2.23. The van der Waals surface area contributed by atoms with Crippen LogP contribution in [0, 0.1) is 0 Å². The molecule has 1 aromatic rings. The van der Waals surface area contributed by atoms with Crippen LogP contribution in [0.1, 0.15) is 31.3 Å². The number of ether oxygens (including phenoxy) is 1. The third-order valence-electron chi connectivity index (χ3n) is 1.05. The summed E-state index contributed by atoms with van der Waals surface area (Å²) in [4.78, 5) is 11.2. The van der Waals surface area contributed by atoms with Crippen molar-refractivity contribution in [1.82, 2.24) is 5.16 Å². The first kappa shape index (κ1) is 8.77. The molecule has 0 saturated carbocycles. The minimum atomic E-state index is -0.490. The van der Waals surface area contributed by atoms with E-state index in [9.17, 15) is 4.79 Å². The molecule has 0 atom stereocenters. The summed E-state index contributed by atoms with van der Waals surface area (Å²) in [5.74, 6) is -0.462. The van der Waals surface area contributed by atoms with E-state index in [0.29, 0.717) is 0 Å². The summed E-state index contributed by atoms with van der Waals surface area (Å²) in [7, 11) is 0. The molecular formula is C8H11NO3. The zero-order chi connectivity index (χ0) is 9.19. The van der Waals surface area contributed by atoms with E-state index in [4.69, 9.17) is 4.74 Å². The van der Waals surface area contributed by atoms with Crippen molar-refractivity contribution in [3.05, 3.63) is 18.0 Å². The lowest BCUT2D eigenvalue weighted by molar-refractivity contribution is 0.00588. The van der Waals surface area contributed by atoms with Crippen LogP contribution >= 0.6 is 0 Å². The first-order valence-corrected chi connectivity index (χ1v) is 3.63. The van der Waals surface area contributed by atoms with Crippen molar-refractivity contribution in [3.63, 3.8) is 0 Å². The van der Waals surface area contributed by atoms with Crippen LogP contribution in [0.4, 0.5) is 0 Å². The number of carbonyl (C=O) groups is 1. The van der Waals surface area contributed by atoms with Crippen LogP contribution in [0.25, 0.3) is 0 Å². The molecule has 0 amide bonds. The monoisotopic (exact) mass is 169 g/mol. The van der Waals surface area contributed by atoms with E-state index in [-0.39, 0.29) is 5.69 Å². The second kappa shape index (κ2) is 2.97. The molecule has 4 nitrogen and oxygen atoms in total. The van der Waals surface area contributed by atoms with Crippen LogP contribution in [-0.2, 0) is 4.74 Å². The summed E-state index contributed by atoms with van der Waals surface area (Å²) in [6, 6.07) is 1.47. The summed E-state index contributed by atoms with van der Waals surface area (Å²) in [6.07, 6.45) is 1.33. The molecule has 1 heterocycles. The van der Waals surface area contributed by atoms with Crippen LogP contribution in [-0.4, -0.2) is 16.7 Å². The number of carbonyl (C=O) groups excluding carboxylic acids is 1. The molecule has 1 rings (SSSR count). The van der Waals surface area contributed by atoms with Crippen molar-refractivity contribution >= 4 is 5.97 Å². The average Bonchev–Trinajstić information content (AvgIpc) is 2.32. The summed E-state index contributed by atoms with van der Waals surface area (Å²) < 4.78 is 9.52. The minimum Gasteiger partial charge on any atom is -0.455 e. The Hall–Kier alpha value is -1.32. The highest BCUT2D eigenvalue weighted by atomic mass is 16.6. The van der Waals surface area contributed by atoms with Gasteiger partial charge in [-0.3, -0.25) is 0 Å². The molecule has 0 N–H and O–H groups in total. The quantitative estimate of drug-likeness (QED) is 0.599. The third-order valence-corrected chi connectivity index (χ3v) is 1.05. The van der Waals surface area contributed by atoms with E-state index in [1.807, 2.05) is 0 Å². The maximum atomic E-state index is 11.2. The molecule has 0 saturated heterocycles. The molecule has 66 valence electrons. The highest BCUT2D eigenvalue weighted by molar-refractivity contribution is 5.87. The zero-order valence-corrected chi connectivity index (χ0v) is 7.33. The highest BCUT2D eigenvalue weighted by Crippen LogP contribution is 2.10. The second-order valence-electron chi connectivity index (χ2n) is 3.39. The number of esters is 1. The summed E-state index contributed by atoms with van der Waals surface area (Å²) in [5.41, 5.74) is -0.291. The van der Waals surface area contributed by atoms with Gasteiger partial charge in [-0.05, 0) is 20.8 Å². The molecule has 0 bridgehead atoms. The Morgan fingerprint density at radius 2 is 2.25 bits per heavy atom. The fourth-order valence-corrected chi connectivity index (χ4v) is 0.648. The van der Waals surface area contributed by atoms with Crippen LogP contribution in [0.15, 0.2) is 16.9 Å². The Morgan fingerprint density at radius 1 is 1.58 bits per heavy atom. The maximum absolute atomic E-state index is 11.2. The maximum Gasteiger partial charge on any atom is 0.361 e. The van der Waals surface area contributed by atoms with Crippen molar-refractivity contribution in [3.8, 4) is 0 Å². The van der Waals surface area contributed by atoms with Gasteiger partial charge >= 0.3 is 5.97 Å². The molecule has 0 radical (unpaired) electrons. The SMILES string of the molecule is CC(C)(C)OC(=O)c1ccon1. The van der Waals surface area contributed by atoms with E-state index in [2.05, 4.69) is 9.68 Å². The fourth-order valence-electron chi connectivity index (χ4n) is 0.648. The fraction of sp³-hybridized carbons (Fsp3) is 0.500. The number of aromatic nitrogens is 1. The molecular weight excluding hydrogens is 158 g/mol. The minimum absolute atomic E-state index is 0.199. The molecule has 0 unspecified atom stereocenters. The largest absolute Gasteiger partial charge is 0.455 e. The summed E-state index contributed by atoms with van der Waals surface area (Å²) >= 11 is 0. The van der Waals surface area contributed by atoms with Gasteiger partial charge in [0, 0.05) is 6.07 Å². The Kier molecular flexibility index (Phi) is 2.17. The van der Waals surface area contributed by atoms with E-state index >= 15 is 0 Å². The van der Waals surface area contributed by atoms with Crippen molar-refractivity contribution in [1.29, 1.82) is 0 Å². The predicted octanol–water partition coefficient (Wildman–Crippen LogP) is 1.63. The molecule has 0 aliphatic rings. The first-order chi connectivity index (χ1) is 5.49. The Bertz CT molecular complexity index is 258. The van der Waals surface area contributed by atoms with Crippen molar-refractivity contribution in [2.75, 3.05) is 0 Å². The van der Waals surface area contributed by atoms with E-state index in [1.165, 1.54) is 12.3 Å². The molecule has 4 heteroatoms. The number of hydrogen-bond acceptors (Lipinski definition) is 4. The number of nitrogens with zero attached hydrogens (tertiary/aromatic N) is 1. The van der Waals surface area contributed by atoms with Gasteiger partial charge in [-0.15, -0.1) is 0 Å². The zero-order valence-electron chi connectivity index (χ0n) is 7.33. The number of hydrogen-bond donors (Lipinski definition) is 0. The van der Waals surface area contributed by atoms with Gasteiger partial charge in [0.2, 0.25) is 0 Å². The lowest BCUT2D eigenvalue weighted by atomic mass is 10.2. The third kappa shape index (κ3) is 2.38. The molecule has 0 spiro atoms. The van der Waals surface area contributed by atoms with Crippen molar-refractivity contribution in [2.24, 2.45) is 0 Å². The molecule has 0 aliphatic heterocycles. The van der Waals surface area contributed by atoms with Gasteiger partial charge in [-0.1, -0.05) is 5.16 Å². The van der Waals surface area contributed by atoms with E-state index in [0.717, 1.165) is 0 Å². The second-order valence-corrected chi connectivity index (χ2v) is 3.39. The van der Waals surface area contributed by atoms with Crippen LogP contribution in [0.2, 0.25) is 0 Å². The smallest absolute Gasteiger partial charge is 0.361 e. The average molecular weight is 169 g/mol. The van der Waals surface area contributed by atoms with Gasteiger partial charge in [0.1, 0.15) is 11.9 Å². The first-order valence-electron chi connectivity index (χ1n) is 3.63. The van der Waals surface area contributed by atoms with Crippen LogP contribution < -0.4 is 0 Å². The van der Waals surface area contributed by atoms with Gasteiger partial charge in [-0.25, -0.2) is 4.79 Å². The summed E-state index contributed by atoms with van der Waals surface area (Å²) in [6.45, 7) is 5.39. The van der Waals surface area contributed by atoms with Crippen molar-refractivity contribution < 1.29 is 14.1 Å². The van der Waals surface area contributed by atoms with Gasteiger partial charge in [0.25, 0.3) is 0 Å². The Balaban J connectivity index is 2.63. The predicted molar refractivity (Wildman–Crippen MR) is 41.7 cm³/mol. The Labute approximate surface area is 70.5 Å². The normalized spacial score (nSPS) is 11.2. The summed E-state index contributed by atoms with van der Waals surface area (Å²) in [5, 5.41) is 3.45. The van der Waals surface area contributed by atoms with E-state index in [1.54, 1.807) is 20.8 Å².